The van der Waals surface area contributed by atoms with Crippen molar-refractivity contribution in [2.24, 2.45) is 0 Å². The zero-order chi connectivity index (χ0) is 15.2. The summed E-state index contributed by atoms with van der Waals surface area (Å²) in [6, 6.07) is 5.43. The van der Waals surface area contributed by atoms with Crippen LogP contribution in [0.3, 0.4) is 0 Å². The van der Waals surface area contributed by atoms with E-state index in [1.165, 1.54) is 0 Å². The van der Waals surface area contributed by atoms with Crippen LogP contribution in [-0.2, 0) is 0 Å². The maximum Gasteiger partial charge on any atom is 0.127 e. The highest BCUT2D eigenvalue weighted by Crippen LogP contribution is 2.18. The summed E-state index contributed by atoms with van der Waals surface area (Å²) in [5, 5.41) is 6.36. The van der Waals surface area contributed by atoms with Gasteiger partial charge in [-0.15, -0.1) is 0 Å². The largest absolute Gasteiger partial charge is 0.363 e. The lowest BCUT2D eigenvalue weighted by Gasteiger charge is -2.28. The molecule has 4 nitrogen and oxygen atoms in total. The SMILES string of the molecule is C=C(c1cccc(NC2CNCCC2F)n1)N(C)/C=C\C. The minimum absolute atomic E-state index is 0.233. The normalized spacial score (nSPS) is 22.2. The molecule has 1 fully saturated rings. The molecule has 0 amide bonds. The van der Waals surface area contributed by atoms with E-state index in [0.717, 1.165) is 17.9 Å². The Labute approximate surface area is 125 Å². The lowest BCUT2D eigenvalue weighted by molar-refractivity contribution is 0.241. The second-order valence-corrected chi connectivity index (χ2v) is 5.21. The fourth-order valence-corrected chi connectivity index (χ4v) is 2.33. The molecule has 0 aromatic carbocycles. The summed E-state index contributed by atoms with van der Waals surface area (Å²) in [5.74, 6) is 0.680. The van der Waals surface area contributed by atoms with Gasteiger partial charge in [-0.25, -0.2) is 9.37 Å². The average molecular weight is 290 g/mol. The molecule has 0 spiro atoms. The zero-order valence-corrected chi connectivity index (χ0v) is 12.6. The number of aromatic nitrogens is 1. The third-order valence-corrected chi connectivity index (χ3v) is 3.57. The lowest BCUT2D eigenvalue weighted by atomic mass is 10.1. The van der Waals surface area contributed by atoms with E-state index in [-0.39, 0.29) is 6.04 Å². The minimum Gasteiger partial charge on any atom is -0.363 e. The molecule has 1 saturated heterocycles. The molecule has 114 valence electrons. The molecule has 0 radical (unpaired) electrons. The summed E-state index contributed by atoms with van der Waals surface area (Å²) in [6.45, 7) is 7.35. The van der Waals surface area contributed by atoms with E-state index in [9.17, 15) is 4.39 Å². The molecule has 0 bridgehead atoms. The third-order valence-electron chi connectivity index (χ3n) is 3.57. The van der Waals surface area contributed by atoms with E-state index in [1.54, 1.807) is 0 Å². The van der Waals surface area contributed by atoms with E-state index in [4.69, 9.17) is 0 Å². The number of allylic oxidation sites excluding steroid dienone is 1. The molecule has 1 aromatic rings. The first-order chi connectivity index (χ1) is 10.1. The number of halogens is 1. The van der Waals surface area contributed by atoms with Crippen LogP contribution >= 0.6 is 0 Å². The Hall–Kier alpha value is -1.88. The summed E-state index contributed by atoms with van der Waals surface area (Å²) < 4.78 is 13.9. The Kier molecular flexibility index (Phi) is 5.33. The fourth-order valence-electron chi connectivity index (χ4n) is 2.33. The Bertz CT molecular complexity index is 515. The number of alkyl halides is 1. The summed E-state index contributed by atoms with van der Waals surface area (Å²) in [7, 11) is 1.92. The van der Waals surface area contributed by atoms with Crippen molar-refractivity contribution in [1.29, 1.82) is 0 Å². The maximum atomic E-state index is 13.9. The molecule has 5 heteroatoms. The third kappa shape index (κ3) is 4.04. The van der Waals surface area contributed by atoms with Gasteiger partial charge in [-0.1, -0.05) is 18.7 Å². The number of hydrogen-bond acceptors (Lipinski definition) is 4. The van der Waals surface area contributed by atoms with Crippen LogP contribution in [0.1, 0.15) is 19.0 Å². The topological polar surface area (TPSA) is 40.2 Å². The molecule has 1 aliphatic heterocycles. The zero-order valence-electron chi connectivity index (χ0n) is 12.6. The van der Waals surface area contributed by atoms with Crippen molar-refractivity contribution >= 4 is 11.5 Å². The van der Waals surface area contributed by atoms with Crippen LogP contribution in [0.15, 0.2) is 37.1 Å². The number of nitrogens with zero attached hydrogens (tertiary/aromatic N) is 2. The summed E-state index contributed by atoms with van der Waals surface area (Å²) in [4.78, 5) is 6.43. The average Bonchev–Trinajstić information content (AvgIpc) is 2.49. The number of rotatable bonds is 5. The highest BCUT2D eigenvalue weighted by atomic mass is 19.1. The minimum atomic E-state index is -0.842. The second-order valence-electron chi connectivity index (χ2n) is 5.21. The molecule has 0 aliphatic carbocycles. The Morgan fingerprint density at radius 2 is 2.38 bits per heavy atom. The van der Waals surface area contributed by atoms with Gasteiger partial charge in [0, 0.05) is 13.6 Å². The summed E-state index contributed by atoms with van der Waals surface area (Å²) in [5.41, 5.74) is 1.58. The van der Waals surface area contributed by atoms with Crippen molar-refractivity contribution in [3.05, 3.63) is 42.7 Å². The van der Waals surface area contributed by atoms with Crippen molar-refractivity contribution in [2.75, 3.05) is 25.5 Å². The van der Waals surface area contributed by atoms with Gasteiger partial charge in [0.05, 0.1) is 17.4 Å². The summed E-state index contributed by atoms with van der Waals surface area (Å²) in [6.07, 6.45) is 3.56. The Morgan fingerprint density at radius 3 is 3.10 bits per heavy atom. The van der Waals surface area contributed by atoms with Gasteiger partial charge in [-0.3, -0.25) is 0 Å². The van der Waals surface area contributed by atoms with Gasteiger partial charge in [0.25, 0.3) is 0 Å². The molecule has 21 heavy (non-hydrogen) atoms. The van der Waals surface area contributed by atoms with Crippen molar-refractivity contribution in [1.82, 2.24) is 15.2 Å². The van der Waals surface area contributed by atoms with Gasteiger partial charge in [0.15, 0.2) is 0 Å². The van der Waals surface area contributed by atoms with Gasteiger partial charge in [0.1, 0.15) is 12.0 Å². The second kappa shape index (κ2) is 7.22. The summed E-state index contributed by atoms with van der Waals surface area (Å²) >= 11 is 0. The van der Waals surface area contributed by atoms with E-state index < -0.39 is 6.17 Å². The number of hydrogen-bond donors (Lipinski definition) is 2. The van der Waals surface area contributed by atoms with E-state index in [2.05, 4.69) is 22.2 Å². The first-order valence-electron chi connectivity index (χ1n) is 7.25. The fraction of sp³-hybridized carbons (Fsp3) is 0.438. The molecule has 2 atom stereocenters. The molecule has 1 aliphatic rings. The molecule has 1 aromatic heterocycles. The first-order valence-corrected chi connectivity index (χ1v) is 7.25. The van der Waals surface area contributed by atoms with Crippen LogP contribution in [0.2, 0.25) is 0 Å². The number of pyridine rings is 1. The van der Waals surface area contributed by atoms with E-state index in [1.807, 2.05) is 49.3 Å². The van der Waals surface area contributed by atoms with Gasteiger partial charge in [-0.2, -0.15) is 0 Å². The van der Waals surface area contributed by atoms with Gasteiger partial charge in [0.2, 0.25) is 0 Å². The first kappa shape index (κ1) is 15.5. The molecular weight excluding hydrogens is 267 g/mol. The van der Waals surface area contributed by atoms with E-state index >= 15 is 0 Å². The lowest BCUT2D eigenvalue weighted by Crippen LogP contribution is -2.46. The van der Waals surface area contributed by atoms with Gasteiger partial charge >= 0.3 is 0 Å². The number of anilines is 1. The predicted octanol–water partition coefficient (Wildman–Crippen LogP) is 2.63. The number of nitrogens with one attached hydrogen (secondary N) is 2. The monoisotopic (exact) mass is 290 g/mol. The van der Waals surface area contributed by atoms with E-state index in [0.29, 0.717) is 18.8 Å². The maximum absolute atomic E-state index is 13.9. The van der Waals surface area contributed by atoms with Crippen molar-refractivity contribution < 1.29 is 4.39 Å². The molecule has 2 heterocycles. The van der Waals surface area contributed by atoms with Crippen LogP contribution in [0.25, 0.3) is 5.70 Å². The van der Waals surface area contributed by atoms with Gasteiger partial charge in [-0.05, 0) is 38.2 Å². The van der Waals surface area contributed by atoms with Crippen LogP contribution in [0.4, 0.5) is 10.2 Å². The quantitative estimate of drug-likeness (QED) is 0.874. The van der Waals surface area contributed by atoms with Gasteiger partial charge < -0.3 is 15.5 Å². The van der Waals surface area contributed by atoms with Crippen molar-refractivity contribution in [3.63, 3.8) is 0 Å². The molecular formula is C16H23FN4. The van der Waals surface area contributed by atoms with Crippen LogP contribution in [-0.4, -0.2) is 42.2 Å². The standard InChI is InChI=1S/C16H23FN4/c1-4-10-21(3)12(2)14-6-5-7-16(19-14)20-15-11-18-9-8-13(15)17/h4-7,10,13,15,18H,2,8-9,11H2,1,3H3,(H,19,20)/b10-4-. The van der Waals surface area contributed by atoms with Crippen molar-refractivity contribution in [3.8, 4) is 0 Å². The van der Waals surface area contributed by atoms with Crippen LogP contribution in [0.5, 0.6) is 0 Å². The van der Waals surface area contributed by atoms with Crippen LogP contribution in [0, 0.1) is 0 Å². The highest BCUT2D eigenvalue weighted by molar-refractivity contribution is 5.60. The molecule has 2 N–H and O–H groups in total. The highest BCUT2D eigenvalue weighted by Gasteiger charge is 2.24. The van der Waals surface area contributed by atoms with Crippen LogP contribution < -0.4 is 10.6 Å². The number of piperidine rings is 1. The van der Waals surface area contributed by atoms with Crippen molar-refractivity contribution in [2.45, 2.75) is 25.6 Å². The Morgan fingerprint density at radius 1 is 1.57 bits per heavy atom. The smallest absolute Gasteiger partial charge is 0.127 e. The molecule has 0 saturated carbocycles. The molecule has 2 unspecified atom stereocenters. The molecule has 2 rings (SSSR count). The Balaban J connectivity index is 2.08. The predicted molar refractivity (Wildman–Crippen MR) is 85.6 cm³/mol.